The molecule has 3 rings (SSSR count). The maximum Gasteiger partial charge on any atom is 0.204 e. The van der Waals surface area contributed by atoms with E-state index in [1.165, 1.54) is 0 Å². The molecular formula is C16H15BrN4O2. The molecule has 23 heavy (non-hydrogen) atoms. The summed E-state index contributed by atoms with van der Waals surface area (Å²) in [6.45, 7) is 0.473. The second-order valence-electron chi connectivity index (χ2n) is 4.78. The number of hydrogen-bond acceptors (Lipinski definition) is 5. The number of benzene rings is 2. The lowest BCUT2D eigenvalue weighted by molar-refractivity contribution is 0.352. The summed E-state index contributed by atoms with van der Waals surface area (Å²) in [7, 11) is 3.21. The predicted molar refractivity (Wildman–Crippen MR) is 89.6 cm³/mol. The Kier molecular flexibility index (Phi) is 4.57. The minimum atomic E-state index is 0.473. The summed E-state index contributed by atoms with van der Waals surface area (Å²) in [6.07, 6.45) is 0. The molecule has 1 aromatic heterocycles. The first-order valence-corrected chi connectivity index (χ1v) is 7.75. The molecule has 0 aliphatic carbocycles. The van der Waals surface area contributed by atoms with E-state index in [0.717, 1.165) is 15.6 Å². The Hall–Kier alpha value is -2.41. The van der Waals surface area contributed by atoms with Gasteiger partial charge in [0.1, 0.15) is 0 Å². The van der Waals surface area contributed by atoms with Crippen molar-refractivity contribution in [1.82, 2.24) is 20.2 Å². The zero-order valence-corrected chi connectivity index (χ0v) is 14.3. The first kappa shape index (κ1) is 15.5. The summed E-state index contributed by atoms with van der Waals surface area (Å²) in [5.74, 6) is 1.91. The van der Waals surface area contributed by atoms with Crippen LogP contribution in [0.15, 0.2) is 46.9 Å². The molecule has 0 fully saturated rings. The van der Waals surface area contributed by atoms with Gasteiger partial charge in [-0.1, -0.05) is 36.4 Å². The summed E-state index contributed by atoms with van der Waals surface area (Å²) in [4.78, 5) is 1.55. The third-order valence-electron chi connectivity index (χ3n) is 3.36. The van der Waals surface area contributed by atoms with Crippen LogP contribution in [0, 0.1) is 0 Å². The number of halogens is 1. The van der Waals surface area contributed by atoms with E-state index in [-0.39, 0.29) is 0 Å². The Bertz CT molecular complexity index is 805. The number of ether oxygens (including phenoxy) is 2. The molecule has 0 saturated heterocycles. The van der Waals surface area contributed by atoms with Crippen LogP contribution in [0.4, 0.5) is 0 Å². The van der Waals surface area contributed by atoms with Crippen molar-refractivity contribution in [2.24, 2.45) is 0 Å². The van der Waals surface area contributed by atoms with Crippen molar-refractivity contribution < 1.29 is 9.47 Å². The van der Waals surface area contributed by atoms with E-state index in [1.807, 2.05) is 42.5 Å². The number of aromatic nitrogens is 4. The monoisotopic (exact) mass is 374 g/mol. The molecule has 7 heteroatoms. The third-order valence-corrected chi connectivity index (χ3v) is 4.23. The SMILES string of the molecule is COc1ccc(Cn2nnc(-c3ccccc3)n2)c(Br)c1OC. The first-order valence-electron chi connectivity index (χ1n) is 6.95. The minimum absolute atomic E-state index is 0.473. The van der Waals surface area contributed by atoms with Crippen molar-refractivity contribution >= 4 is 15.9 Å². The van der Waals surface area contributed by atoms with Gasteiger partial charge in [0.2, 0.25) is 5.82 Å². The van der Waals surface area contributed by atoms with Crippen LogP contribution in [0.1, 0.15) is 5.56 Å². The van der Waals surface area contributed by atoms with E-state index in [1.54, 1.807) is 19.0 Å². The van der Waals surface area contributed by atoms with Crippen LogP contribution in [0.25, 0.3) is 11.4 Å². The summed E-state index contributed by atoms with van der Waals surface area (Å²) >= 11 is 3.55. The van der Waals surface area contributed by atoms with Crippen LogP contribution in [0.3, 0.4) is 0 Å². The number of nitrogens with zero attached hydrogens (tertiary/aromatic N) is 4. The second kappa shape index (κ2) is 6.78. The molecule has 6 nitrogen and oxygen atoms in total. The molecule has 3 aromatic rings. The number of hydrogen-bond donors (Lipinski definition) is 0. The van der Waals surface area contributed by atoms with E-state index < -0.39 is 0 Å². The zero-order valence-electron chi connectivity index (χ0n) is 12.7. The number of tetrazole rings is 1. The molecule has 2 aromatic carbocycles. The average molecular weight is 375 g/mol. The smallest absolute Gasteiger partial charge is 0.204 e. The molecule has 0 saturated carbocycles. The highest BCUT2D eigenvalue weighted by atomic mass is 79.9. The van der Waals surface area contributed by atoms with Gasteiger partial charge in [0.05, 0.1) is 25.2 Å². The minimum Gasteiger partial charge on any atom is -0.493 e. The highest BCUT2D eigenvalue weighted by Crippen LogP contribution is 2.37. The largest absolute Gasteiger partial charge is 0.493 e. The van der Waals surface area contributed by atoms with E-state index in [2.05, 4.69) is 31.3 Å². The highest BCUT2D eigenvalue weighted by molar-refractivity contribution is 9.10. The zero-order chi connectivity index (χ0) is 16.2. The van der Waals surface area contributed by atoms with Gasteiger partial charge in [0.15, 0.2) is 11.5 Å². The highest BCUT2D eigenvalue weighted by Gasteiger charge is 2.14. The fourth-order valence-corrected chi connectivity index (χ4v) is 2.83. The molecule has 118 valence electrons. The van der Waals surface area contributed by atoms with E-state index in [0.29, 0.717) is 23.9 Å². The van der Waals surface area contributed by atoms with Crippen LogP contribution >= 0.6 is 15.9 Å². The summed E-state index contributed by atoms with van der Waals surface area (Å²) in [5, 5.41) is 12.6. The van der Waals surface area contributed by atoms with Crippen molar-refractivity contribution in [1.29, 1.82) is 0 Å². The molecule has 0 amide bonds. The Balaban J connectivity index is 1.87. The van der Waals surface area contributed by atoms with Gasteiger partial charge in [0, 0.05) is 5.56 Å². The molecule has 0 spiro atoms. The lowest BCUT2D eigenvalue weighted by Crippen LogP contribution is -2.05. The number of methoxy groups -OCH3 is 2. The van der Waals surface area contributed by atoms with Gasteiger partial charge >= 0.3 is 0 Å². The Labute approximate surface area is 142 Å². The van der Waals surface area contributed by atoms with Crippen LogP contribution in [0.2, 0.25) is 0 Å². The fraction of sp³-hybridized carbons (Fsp3) is 0.188. The van der Waals surface area contributed by atoms with Gasteiger partial charge in [-0.25, -0.2) is 0 Å². The molecule has 1 heterocycles. The van der Waals surface area contributed by atoms with Crippen molar-refractivity contribution in [3.63, 3.8) is 0 Å². The molecular weight excluding hydrogens is 360 g/mol. The standard InChI is InChI=1S/C16H15BrN4O2/c1-22-13-9-8-12(14(17)15(13)23-2)10-21-19-16(18-20-21)11-6-4-3-5-7-11/h3-9H,10H2,1-2H3. The van der Waals surface area contributed by atoms with Crippen LogP contribution in [0.5, 0.6) is 11.5 Å². The molecule has 0 atom stereocenters. The lowest BCUT2D eigenvalue weighted by Gasteiger charge is -2.12. The van der Waals surface area contributed by atoms with Gasteiger partial charge in [-0.05, 0) is 32.8 Å². The van der Waals surface area contributed by atoms with Gasteiger partial charge in [0.25, 0.3) is 0 Å². The van der Waals surface area contributed by atoms with Crippen LogP contribution in [-0.4, -0.2) is 34.4 Å². The van der Waals surface area contributed by atoms with Crippen molar-refractivity contribution in [3.8, 4) is 22.9 Å². The lowest BCUT2D eigenvalue weighted by atomic mass is 10.2. The van der Waals surface area contributed by atoms with Crippen LogP contribution in [-0.2, 0) is 6.54 Å². The van der Waals surface area contributed by atoms with E-state index in [4.69, 9.17) is 9.47 Å². The molecule has 0 radical (unpaired) electrons. The van der Waals surface area contributed by atoms with Crippen LogP contribution < -0.4 is 9.47 Å². The van der Waals surface area contributed by atoms with E-state index in [9.17, 15) is 0 Å². The second-order valence-corrected chi connectivity index (χ2v) is 5.58. The van der Waals surface area contributed by atoms with Gasteiger partial charge in [-0.15, -0.1) is 10.2 Å². The molecule has 0 unspecified atom stereocenters. The third kappa shape index (κ3) is 3.19. The fourth-order valence-electron chi connectivity index (χ4n) is 2.22. The Morgan fingerprint density at radius 3 is 2.52 bits per heavy atom. The predicted octanol–water partition coefficient (Wildman–Crippen LogP) is 3.17. The average Bonchev–Trinajstić information content (AvgIpc) is 3.06. The molecule has 0 bridgehead atoms. The van der Waals surface area contributed by atoms with Crippen molar-refractivity contribution in [3.05, 3.63) is 52.5 Å². The Morgan fingerprint density at radius 2 is 1.83 bits per heavy atom. The van der Waals surface area contributed by atoms with Gasteiger partial charge < -0.3 is 9.47 Å². The summed E-state index contributed by atoms with van der Waals surface area (Å²) in [6, 6.07) is 13.5. The molecule has 0 aliphatic rings. The maximum atomic E-state index is 5.38. The molecule has 0 aliphatic heterocycles. The topological polar surface area (TPSA) is 62.1 Å². The van der Waals surface area contributed by atoms with Gasteiger partial charge in [-0.2, -0.15) is 4.80 Å². The number of rotatable bonds is 5. The maximum absolute atomic E-state index is 5.38. The Morgan fingerprint density at radius 1 is 1.04 bits per heavy atom. The van der Waals surface area contributed by atoms with Crippen molar-refractivity contribution in [2.45, 2.75) is 6.54 Å². The van der Waals surface area contributed by atoms with E-state index >= 15 is 0 Å². The van der Waals surface area contributed by atoms with Crippen molar-refractivity contribution in [2.75, 3.05) is 14.2 Å². The van der Waals surface area contributed by atoms with Gasteiger partial charge in [-0.3, -0.25) is 0 Å². The quantitative estimate of drug-likeness (QED) is 0.686. The molecule has 0 N–H and O–H groups in total. The first-order chi connectivity index (χ1) is 11.2. The summed E-state index contributed by atoms with van der Waals surface area (Å²) in [5.41, 5.74) is 1.91. The normalized spacial score (nSPS) is 10.6. The summed E-state index contributed by atoms with van der Waals surface area (Å²) < 4.78 is 11.5.